The van der Waals surface area contributed by atoms with Crippen molar-refractivity contribution in [1.82, 2.24) is 25.7 Å². The van der Waals surface area contributed by atoms with E-state index in [1.165, 1.54) is 59.7 Å². The Kier molecular flexibility index (Phi) is 18.5. The van der Waals surface area contributed by atoms with Crippen LogP contribution in [0.4, 0.5) is 0 Å². The number of aliphatic hydroxyl groups excluding tert-OH is 4. The Morgan fingerprint density at radius 2 is 1.77 bits per heavy atom. The van der Waals surface area contributed by atoms with Crippen molar-refractivity contribution in [2.45, 2.75) is 112 Å². The number of nitrogens with one attached hydrogen (secondary N) is 4. The summed E-state index contributed by atoms with van der Waals surface area (Å²) in [6.07, 6.45) is -3.40. The lowest BCUT2D eigenvalue weighted by molar-refractivity contribution is -0.400. The van der Waals surface area contributed by atoms with Gasteiger partial charge in [0.05, 0.1) is 35.4 Å². The van der Waals surface area contributed by atoms with Crippen LogP contribution in [0.2, 0.25) is 0 Å². The molecule has 1 saturated heterocycles. The molecule has 2 aliphatic rings. The van der Waals surface area contributed by atoms with Crippen molar-refractivity contribution in [3.63, 3.8) is 0 Å². The van der Waals surface area contributed by atoms with Crippen molar-refractivity contribution in [3.05, 3.63) is 107 Å². The second-order valence-corrected chi connectivity index (χ2v) is 20.9. The number of ether oxygens (including phenoxy) is 3. The maximum atomic E-state index is 14.5. The van der Waals surface area contributed by atoms with Crippen LogP contribution in [0.3, 0.4) is 0 Å². The van der Waals surface area contributed by atoms with Gasteiger partial charge in [0.25, 0.3) is 0 Å². The van der Waals surface area contributed by atoms with E-state index >= 15 is 0 Å². The fourth-order valence-corrected chi connectivity index (χ4v) is 11.3. The van der Waals surface area contributed by atoms with Gasteiger partial charge in [-0.2, -0.15) is 4.73 Å². The normalized spacial score (nSPS) is 24.5. The number of esters is 1. The fraction of sp³-hybridized carbons (Fsp3) is 0.439. The Morgan fingerprint density at radius 1 is 1.02 bits per heavy atom. The van der Waals surface area contributed by atoms with Crippen LogP contribution in [0, 0.1) is 19.8 Å². The van der Waals surface area contributed by atoms with Gasteiger partial charge in [-0.25, -0.2) is 14.6 Å². The van der Waals surface area contributed by atoms with Crippen molar-refractivity contribution in [2.24, 2.45) is 16.6 Å². The van der Waals surface area contributed by atoms with Crippen molar-refractivity contribution in [3.8, 4) is 33.9 Å². The van der Waals surface area contributed by atoms with Crippen LogP contribution >= 0.6 is 0 Å². The Bertz CT molecular complexity index is 3320. The highest BCUT2D eigenvalue weighted by molar-refractivity contribution is 5.99. The monoisotopic (exact) mass is 1140 g/mol. The third-order valence-electron chi connectivity index (χ3n) is 15.3. The van der Waals surface area contributed by atoms with Crippen LogP contribution in [0.15, 0.2) is 99.6 Å². The smallest absolute Gasteiger partial charge is 0.337 e. The summed E-state index contributed by atoms with van der Waals surface area (Å²) in [6.45, 7) is -0.223. The molecule has 1 aliphatic heterocycles. The summed E-state index contributed by atoms with van der Waals surface area (Å²) in [6, 6.07) is 14.7. The van der Waals surface area contributed by atoms with Gasteiger partial charge >= 0.3 is 11.9 Å². The minimum absolute atomic E-state index is 0.0374. The number of aliphatic carboxylic acids is 1. The van der Waals surface area contributed by atoms with Crippen molar-refractivity contribution in [1.29, 1.82) is 0 Å². The largest absolute Gasteiger partial charge is 0.508 e. The highest BCUT2D eigenvalue weighted by atomic mass is 16.8. The first-order chi connectivity index (χ1) is 39.2. The zero-order valence-corrected chi connectivity index (χ0v) is 45.3. The van der Waals surface area contributed by atoms with E-state index in [1.807, 2.05) is 32.0 Å². The molecule has 0 spiro atoms. The summed E-state index contributed by atoms with van der Waals surface area (Å²) in [7, 11) is 1.67. The van der Waals surface area contributed by atoms with E-state index in [-0.39, 0.29) is 60.4 Å². The SMILES string of the molecule is CNC[C@H]1CCCC[C@@]1(C=O)N=C(N)N[C@@](CO)(OC(=O)[C@H](NCCC=O)C(=O)O)[C@@H]1O[C@H](Oc2ccc3c(=O)c(-c4ccc(O)cc4)coc3c2)[C@@H](On2cc3cc[nH]c3c2-c2cc(C)cc(C)c2)[C@@](O)([C@H](O)CCCO)[C@]1(O)CO. The number of phenols is 1. The highest BCUT2D eigenvalue weighted by Crippen LogP contribution is 2.48. The van der Waals surface area contributed by atoms with Gasteiger partial charge in [0, 0.05) is 55.2 Å². The first-order valence-corrected chi connectivity index (χ1v) is 26.7. The maximum Gasteiger partial charge on any atom is 0.337 e. The standard InChI is InChI=1S/C57H69N7O18/c1-32-22-33(2)24-36(23-32)46-44-35(16-19-61-44)27-64(46)82-48-51(79-39-14-15-40-42(25-39)78-28-41(47(40)72)34-10-12-38(70)13-11-34)80-52(55(76,30-68)57(48,77)43(71)9-6-20-65)56(31-69,81-50(75)45(49(73)74)60-18-7-21-66)63-53(58)62-54(29-67)17-5-4-8-37(54)26-59-3/h10-16,19,21-25,27-29,37,43,45,48,51-52,59-61,65,68-71,76-77H,4-9,17-18,20,26,30-31H2,1-3H3,(H,73,74)(H3,58,62,63)/t37-,43-,45-,48-,51+,52-,54+,55+,56+,57+/m1/s1. The van der Waals surface area contributed by atoms with E-state index in [2.05, 4.69) is 25.9 Å². The zero-order valence-electron chi connectivity index (χ0n) is 45.3. The number of aryl methyl sites for hydroxylation is 2. The number of nitrogens with zero attached hydrogens (tertiary/aromatic N) is 2. The van der Waals surface area contributed by atoms with Gasteiger partial charge in [-0.15, -0.1) is 0 Å². The molecule has 82 heavy (non-hydrogen) atoms. The third-order valence-corrected chi connectivity index (χ3v) is 15.3. The van der Waals surface area contributed by atoms with Gasteiger partial charge < -0.3 is 95.3 Å². The summed E-state index contributed by atoms with van der Waals surface area (Å²) in [4.78, 5) is 80.4. The Hall–Kier alpha value is -7.72. The number of aliphatic imine (C=N–C) groups is 1. The van der Waals surface area contributed by atoms with Gasteiger partial charge in [0.2, 0.25) is 24.2 Å². The second kappa shape index (κ2) is 25.2. The summed E-state index contributed by atoms with van der Waals surface area (Å²) >= 11 is 0. The molecule has 1 aliphatic carbocycles. The van der Waals surface area contributed by atoms with Gasteiger partial charge in [0.1, 0.15) is 53.8 Å². The number of aromatic nitrogens is 2. The predicted octanol–water partition coefficient (Wildman–Crippen LogP) is 1.04. The van der Waals surface area contributed by atoms with Crippen molar-refractivity contribution >= 4 is 52.3 Å². The number of fused-ring (bicyclic) bond motifs is 2. The van der Waals surface area contributed by atoms with Gasteiger partial charge in [0.15, 0.2) is 28.7 Å². The number of nitrogens with two attached hydrogens (primary N) is 1. The average Bonchev–Trinajstić information content (AvgIpc) is 4.16. The lowest BCUT2D eigenvalue weighted by atomic mass is 9.66. The maximum absolute atomic E-state index is 14.5. The lowest BCUT2D eigenvalue weighted by Gasteiger charge is -2.59. The molecule has 4 heterocycles. The summed E-state index contributed by atoms with van der Waals surface area (Å²) in [5, 5.41) is 103. The Balaban J connectivity index is 1.37. The molecule has 0 amide bonds. The van der Waals surface area contributed by atoms with Crippen LogP contribution in [-0.4, -0.2) is 174 Å². The van der Waals surface area contributed by atoms with Crippen molar-refractivity contribution in [2.75, 3.05) is 40.0 Å². The molecule has 3 aromatic carbocycles. The number of aromatic hydroxyl groups is 1. The van der Waals surface area contributed by atoms with Crippen LogP contribution in [0.5, 0.6) is 11.5 Å². The number of benzene rings is 3. The molecule has 3 aromatic heterocycles. The number of hydrogen-bond acceptors (Lipinski definition) is 20. The minimum atomic E-state index is -3.51. The summed E-state index contributed by atoms with van der Waals surface area (Å²) in [5.41, 5.74) is -1.96. The fourth-order valence-electron chi connectivity index (χ4n) is 11.3. The van der Waals surface area contributed by atoms with E-state index in [4.69, 9.17) is 29.2 Å². The number of carboxylic acids is 1. The molecule has 14 N–H and O–H groups in total. The van der Waals surface area contributed by atoms with Crippen LogP contribution in [0.1, 0.15) is 56.1 Å². The quantitative estimate of drug-likeness (QED) is 0.00724. The molecular weight excluding hydrogens is 1070 g/mol. The molecule has 440 valence electrons. The van der Waals surface area contributed by atoms with Crippen molar-refractivity contribution < 1.29 is 83.5 Å². The van der Waals surface area contributed by atoms with Gasteiger partial charge in [-0.1, -0.05) is 42.2 Å². The molecule has 6 aromatic rings. The number of aromatic amines is 1. The van der Waals surface area contributed by atoms with E-state index in [0.717, 1.165) is 11.1 Å². The first-order valence-electron chi connectivity index (χ1n) is 26.7. The number of H-pyrrole nitrogens is 1. The number of phenolic OH excluding ortho intramolecular Hbond substituents is 1. The molecular formula is C57H69N7O18. The average molecular weight is 1140 g/mol. The van der Waals surface area contributed by atoms with E-state index < -0.39 is 109 Å². The number of carbonyl (C=O) groups excluding carboxylic acids is 3. The van der Waals surface area contributed by atoms with Gasteiger partial charge in [-0.05, 0) is 94.6 Å². The van der Waals surface area contributed by atoms with E-state index in [9.17, 15) is 64.8 Å². The molecule has 0 bridgehead atoms. The van der Waals surface area contributed by atoms with E-state index in [0.29, 0.717) is 59.6 Å². The topological polar surface area (TPSA) is 392 Å². The molecule has 8 rings (SSSR count). The highest BCUT2D eigenvalue weighted by Gasteiger charge is 2.75. The van der Waals surface area contributed by atoms with Crippen LogP contribution in [-0.2, 0) is 28.7 Å². The number of rotatable bonds is 25. The number of aldehydes is 2. The number of carboxylic acid groups (broad SMARTS) is 1. The molecule has 25 heteroatoms. The summed E-state index contributed by atoms with van der Waals surface area (Å²) in [5.74, 6) is -5.08. The Labute approximate surface area is 469 Å². The Morgan fingerprint density at radius 3 is 2.43 bits per heavy atom. The number of aliphatic hydroxyl groups is 6. The third kappa shape index (κ3) is 11.7. The molecule has 10 atom stereocenters. The second-order valence-electron chi connectivity index (χ2n) is 20.9. The molecule has 1 saturated carbocycles. The number of carbonyl (C=O) groups is 4. The van der Waals surface area contributed by atoms with Gasteiger partial charge in [-0.3, -0.25) is 10.1 Å². The molecule has 0 unspecified atom stereocenters. The van der Waals surface area contributed by atoms with Crippen LogP contribution in [0.25, 0.3) is 44.3 Å². The van der Waals surface area contributed by atoms with E-state index in [1.54, 1.807) is 19.3 Å². The molecule has 2 fully saturated rings. The predicted molar refractivity (Wildman–Crippen MR) is 295 cm³/mol. The number of hydrogen-bond donors (Lipinski definition) is 13. The zero-order chi connectivity index (χ0) is 59.1. The molecule has 25 nitrogen and oxygen atoms in total. The minimum Gasteiger partial charge on any atom is -0.508 e. The number of guanidine groups is 1. The summed E-state index contributed by atoms with van der Waals surface area (Å²) < 4.78 is 26.4. The molecule has 0 radical (unpaired) electrons. The first kappa shape index (κ1) is 60.4. The lowest BCUT2D eigenvalue weighted by Crippen LogP contribution is -2.86. The van der Waals surface area contributed by atoms with Crippen LogP contribution < -0.4 is 36.7 Å².